The molecule has 2 aromatic rings. The minimum absolute atomic E-state index is 0.0572. The Kier molecular flexibility index (Phi) is 4.45. The van der Waals surface area contributed by atoms with Crippen LogP contribution in [0.1, 0.15) is 31.0 Å². The molecule has 2 aromatic heterocycles. The summed E-state index contributed by atoms with van der Waals surface area (Å²) in [5.74, 6) is 0.898. The van der Waals surface area contributed by atoms with Crippen LogP contribution in [0.25, 0.3) is 11.3 Å². The zero-order chi connectivity index (χ0) is 20.1. The third-order valence-corrected chi connectivity index (χ3v) is 5.76. The Morgan fingerprint density at radius 1 is 1.21 bits per heavy atom. The van der Waals surface area contributed by atoms with Crippen molar-refractivity contribution in [1.82, 2.24) is 15.0 Å². The third kappa shape index (κ3) is 3.45. The van der Waals surface area contributed by atoms with E-state index in [-0.39, 0.29) is 29.6 Å². The quantitative estimate of drug-likeness (QED) is 0.816. The summed E-state index contributed by atoms with van der Waals surface area (Å²) in [6.07, 6.45) is 2.53. The van der Waals surface area contributed by atoms with Crippen molar-refractivity contribution in [3.05, 3.63) is 24.2 Å². The molecule has 0 aromatic carbocycles. The number of nitrogens with two attached hydrogens (primary N) is 1. The average Bonchev–Trinajstić information content (AvgIpc) is 3.30. The second kappa shape index (κ2) is 7.01. The van der Waals surface area contributed by atoms with Gasteiger partial charge in [-0.2, -0.15) is 8.78 Å². The summed E-state index contributed by atoms with van der Waals surface area (Å²) in [4.78, 5) is 15.4. The highest BCUT2D eigenvalue weighted by molar-refractivity contribution is 5.67. The van der Waals surface area contributed by atoms with Crippen LogP contribution in [0.15, 0.2) is 18.3 Å². The molecule has 3 aliphatic rings. The van der Waals surface area contributed by atoms with Crippen LogP contribution in [-0.2, 0) is 4.74 Å². The van der Waals surface area contributed by atoms with E-state index in [9.17, 15) is 13.2 Å². The fourth-order valence-corrected chi connectivity index (χ4v) is 4.16. The fraction of sp³-hybridized carbons (Fsp3) is 0.526. The summed E-state index contributed by atoms with van der Waals surface area (Å²) in [7, 11) is 0. The lowest BCUT2D eigenvalue weighted by atomic mass is 9.83. The Hall–Kier alpha value is -2.62. The highest BCUT2D eigenvalue weighted by Gasteiger charge is 2.40. The van der Waals surface area contributed by atoms with Gasteiger partial charge in [0.05, 0.1) is 24.4 Å². The molecule has 7 nitrogen and oxygen atoms in total. The van der Waals surface area contributed by atoms with Gasteiger partial charge in [-0.3, -0.25) is 0 Å². The number of hydrogen-bond acceptors (Lipinski definition) is 7. The Morgan fingerprint density at radius 2 is 2.03 bits per heavy atom. The number of morpholine rings is 1. The topological polar surface area (TPSA) is 86.4 Å². The lowest BCUT2D eigenvalue weighted by molar-refractivity contribution is -0.0494. The molecule has 2 N–H and O–H groups in total. The van der Waals surface area contributed by atoms with Crippen molar-refractivity contribution in [2.45, 2.75) is 50.1 Å². The van der Waals surface area contributed by atoms with Gasteiger partial charge in [-0.1, -0.05) is 0 Å². The van der Waals surface area contributed by atoms with Gasteiger partial charge in [-0.05, 0) is 25.3 Å². The van der Waals surface area contributed by atoms with E-state index in [1.165, 1.54) is 12.3 Å². The van der Waals surface area contributed by atoms with E-state index in [4.69, 9.17) is 15.5 Å². The fourth-order valence-electron chi connectivity index (χ4n) is 4.16. The largest absolute Gasteiger partial charge is 0.431 e. The van der Waals surface area contributed by atoms with Crippen molar-refractivity contribution >= 4 is 11.6 Å². The van der Waals surface area contributed by atoms with E-state index in [1.54, 1.807) is 6.07 Å². The number of fused-ring (bicyclic) bond motifs is 2. The number of rotatable bonds is 5. The number of anilines is 2. The van der Waals surface area contributed by atoms with Crippen molar-refractivity contribution in [2.75, 3.05) is 23.8 Å². The maximum atomic E-state index is 13.4. The second-order valence-corrected chi connectivity index (χ2v) is 7.72. The molecule has 3 fully saturated rings. The molecule has 0 amide bonds. The maximum absolute atomic E-state index is 13.4. The van der Waals surface area contributed by atoms with Crippen LogP contribution in [-0.4, -0.2) is 53.0 Å². The first-order valence-corrected chi connectivity index (χ1v) is 9.58. The first-order chi connectivity index (χ1) is 14.0. The number of aromatic nitrogens is 3. The molecule has 4 heterocycles. The van der Waals surface area contributed by atoms with Crippen LogP contribution in [0, 0.1) is 0 Å². The smallest absolute Gasteiger partial charge is 0.387 e. The van der Waals surface area contributed by atoms with Gasteiger partial charge in [0.2, 0.25) is 0 Å². The van der Waals surface area contributed by atoms with Crippen molar-refractivity contribution in [3.63, 3.8) is 0 Å². The molecule has 2 atom stereocenters. The summed E-state index contributed by atoms with van der Waals surface area (Å²) < 4.78 is 48.9. The summed E-state index contributed by atoms with van der Waals surface area (Å²) in [6.45, 7) is -1.63. The van der Waals surface area contributed by atoms with Crippen molar-refractivity contribution < 1.29 is 22.6 Å². The number of alkyl halides is 3. The van der Waals surface area contributed by atoms with Gasteiger partial charge in [-0.25, -0.2) is 19.3 Å². The van der Waals surface area contributed by atoms with E-state index >= 15 is 0 Å². The molecule has 2 aliphatic heterocycles. The Bertz CT molecular complexity index is 925. The lowest BCUT2D eigenvalue weighted by Crippen LogP contribution is -2.38. The van der Waals surface area contributed by atoms with Gasteiger partial charge in [0.25, 0.3) is 0 Å². The Morgan fingerprint density at radius 3 is 2.69 bits per heavy atom. The summed E-state index contributed by atoms with van der Waals surface area (Å²) in [5, 5.41) is 0. The van der Waals surface area contributed by atoms with E-state index in [2.05, 4.69) is 19.6 Å². The molecular weight excluding hydrogens is 387 g/mol. The van der Waals surface area contributed by atoms with Crippen LogP contribution in [0.3, 0.4) is 0 Å². The summed E-state index contributed by atoms with van der Waals surface area (Å²) in [6, 6.07) is 3.44. The molecule has 10 heteroatoms. The Labute approximate surface area is 165 Å². The molecule has 2 saturated heterocycles. The van der Waals surface area contributed by atoms with E-state index in [0.717, 1.165) is 18.8 Å². The highest BCUT2D eigenvalue weighted by Crippen LogP contribution is 2.40. The number of halogens is 3. The zero-order valence-corrected chi connectivity index (χ0v) is 15.5. The molecule has 0 unspecified atom stereocenters. The molecule has 0 spiro atoms. The van der Waals surface area contributed by atoms with Crippen LogP contribution in [0.2, 0.25) is 0 Å². The maximum Gasteiger partial charge on any atom is 0.387 e. The summed E-state index contributed by atoms with van der Waals surface area (Å²) in [5.41, 5.74) is 6.64. The molecule has 154 valence electrons. The van der Waals surface area contributed by atoms with Crippen molar-refractivity contribution in [2.24, 2.45) is 0 Å². The van der Waals surface area contributed by atoms with Gasteiger partial charge in [0, 0.05) is 30.3 Å². The second-order valence-electron chi connectivity index (χ2n) is 7.72. The predicted molar refractivity (Wildman–Crippen MR) is 98.7 cm³/mol. The highest BCUT2D eigenvalue weighted by atomic mass is 19.3. The third-order valence-electron chi connectivity index (χ3n) is 5.76. The van der Waals surface area contributed by atoms with Crippen LogP contribution < -0.4 is 15.4 Å². The normalized spacial score (nSPS) is 28.1. The molecule has 1 aliphatic carbocycles. The van der Waals surface area contributed by atoms with Crippen LogP contribution >= 0.6 is 0 Å². The van der Waals surface area contributed by atoms with Crippen LogP contribution in [0.5, 0.6) is 5.75 Å². The number of ether oxygens (including phenoxy) is 2. The number of nitrogens with zero attached hydrogens (tertiary/aromatic N) is 4. The first kappa shape index (κ1) is 18.4. The van der Waals surface area contributed by atoms with Crippen LogP contribution in [0.4, 0.5) is 24.8 Å². The number of nitrogen functional groups attached to an aromatic ring is 1. The molecule has 29 heavy (non-hydrogen) atoms. The van der Waals surface area contributed by atoms with Gasteiger partial charge in [-0.15, -0.1) is 0 Å². The minimum atomic E-state index is -3.01. The minimum Gasteiger partial charge on any atom is -0.431 e. The first-order valence-electron chi connectivity index (χ1n) is 9.58. The van der Waals surface area contributed by atoms with E-state index in [1.807, 2.05) is 0 Å². The lowest BCUT2D eigenvalue weighted by Gasteiger charge is -2.31. The van der Waals surface area contributed by atoms with Gasteiger partial charge < -0.3 is 20.1 Å². The van der Waals surface area contributed by atoms with Gasteiger partial charge in [0.15, 0.2) is 11.6 Å². The zero-order valence-electron chi connectivity index (χ0n) is 15.5. The monoisotopic (exact) mass is 407 g/mol. The van der Waals surface area contributed by atoms with Gasteiger partial charge in [0.1, 0.15) is 17.8 Å². The predicted octanol–water partition coefficient (Wildman–Crippen LogP) is 2.92. The van der Waals surface area contributed by atoms with E-state index in [0.29, 0.717) is 36.5 Å². The SMILES string of the molecule is Nc1ncc(-c2cc(N3C[C@@H]4C[C@H]3CO4)nc(C3CC(F)C3)n2)cc1OC(F)F. The molecule has 2 bridgehead atoms. The van der Waals surface area contributed by atoms with Crippen molar-refractivity contribution in [3.8, 4) is 17.0 Å². The molecule has 0 radical (unpaired) electrons. The molecule has 5 rings (SSSR count). The molecule has 1 saturated carbocycles. The summed E-state index contributed by atoms with van der Waals surface area (Å²) >= 11 is 0. The number of pyridine rings is 1. The number of hydrogen-bond donors (Lipinski definition) is 1. The average molecular weight is 407 g/mol. The van der Waals surface area contributed by atoms with Crippen molar-refractivity contribution in [1.29, 1.82) is 0 Å². The standard InChI is InChI=1S/C19H20F3N5O2/c20-11-1-9(2-11)18-25-14(10-3-15(29-19(21)22)17(23)24-6-10)5-16(26-18)27-7-13-4-12(27)8-28-13/h3,5-6,9,11-13,19H,1-2,4,7-8H2,(H2,23,24)/t9?,11?,12-,13-/m0/s1. The Balaban J connectivity index is 1.53. The van der Waals surface area contributed by atoms with Gasteiger partial charge >= 0.3 is 6.61 Å². The molecular formula is C19H20F3N5O2. The van der Waals surface area contributed by atoms with E-state index < -0.39 is 12.8 Å².